The number of carbonyl (C=O) groups is 1. The summed E-state index contributed by atoms with van der Waals surface area (Å²) < 4.78 is 55.7. The highest BCUT2D eigenvalue weighted by Gasteiger charge is 2.42. The molecule has 34 heavy (non-hydrogen) atoms. The second kappa shape index (κ2) is 17.2. The van der Waals surface area contributed by atoms with Crippen LogP contribution in [0.15, 0.2) is 0 Å². The highest BCUT2D eigenvalue weighted by atomic mass is 32.2. The summed E-state index contributed by atoms with van der Waals surface area (Å²) in [5.41, 5.74) is 0. The van der Waals surface area contributed by atoms with Crippen molar-refractivity contribution in [3.05, 3.63) is 0 Å². The molecule has 0 rings (SSSR count). The Kier molecular flexibility index (Phi) is 17.0. The Bertz CT molecular complexity index is 708. The van der Waals surface area contributed by atoms with Gasteiger partial charge in [-0.3, -0.25) is 18.4 Å². The molecular formula is C23H49NO8PS+. The number of quaternary nitrogens is 1. The van der Waals surface area contributed by atoms with E-state index in [2.05, 4.69) is 11.4 Å². The monoisotopic (exact) mass is 530 g/mol. The zero-order valence-corrected chi connectivity index (χ0v) is 23.6. The fourth-order valence-corrected chi connectivity index (χ4v) is 5.63. The Morgan fingerprint density at radius 3 is 1.71 bits per heavy atom. The molecular weight excluding hydrogens is 481 g/mol. The number of unbranched alkanes of at least 4 members (excludes halogenated alkanes) is 11. The Balaban J connectivity index is 4.73. The fourth-order valence-electron chi connectivity index (χ4n) is 3.84. The number of phosphoric acid groups is 1. The van der Waals surface area contributed by atoms with E-state index in [0.717, 1.165) is 25.7 Å². The summed E-state index contributed by atoms with van der Waals surface area (Å²) >= 11 is 0. The first-order valence-corrected chi connectivity index (χ1v) is 15.7. The van der Waals surface area contributed by atoms with Crippen molar-refractivity contribution >= 4 is 23.7 Å². The quantitative estimate of drug-likeness (QED) is 0.0853. The van der Waals surface area contributed by atoms with Crippen LogP contribution < -0.4 is 0 Å². The molecule has 0 saturated carbocycles. The van der Waals surface area contributed by atoms with Crippen molar-refractivity contribution in [3.63, 3.8) is 0 Å². The van der Waals surface area contributed by atoms with Crippen molar-refractivity contribution in [2.45, 2.75) is 109 Å². The molecule has 3 atom stereocenters. The molecule has 9 nitrogen and oxygen atoms in total. The number of likely N-dealkylation sites (N-methyl/N-ethyl adjacent to an activating group) is 1. The van der Waals surface area contributed by atoms with Gasteiger partial charge in [-0.2, -0.15) is 8.42 Å². The minimum Gasteiger partial charge on any atom is -0.328 e. The van der Waals surface area contributed by atoms with Gasteiger partial charge in [-0.25, -0.2) is 4.57 Å². The van der Waals surface area contributed by atoms with E-state index in [4.69, 9.17) is 4.52 Å². The van der Waals surface area contributed by atoms with Gasteiger partial charge < -0.3 is 9.38 Å². The minimum atomic E-state index is -4.70. The third-order valence-electron chi connectivity index (χ3n) is 5.58. The van der Waals surface area contributed by atoms with Gasteiger partial charge in [0.05, 0.1) is 27.7 Å². The summed E-state index contributed by atoms with van der Waals surface area (Å²) in [6, 6.07) is 0. The molecule has 0 spiro atoms. The van der Waals surface area contributed by atoms with Crippen LogP contribution in [0.25, 0.3) is 0 Å². The third kappa shape index (κ3) is 17.1. The van der Waals surface area contributed by atoms with Gasteiger partial charge in [0.1, 0.15) is 11.8 Å². The van der Waals surface area contributed by atoms with Gasteiger partial charge in [0.25, 0.3) is 10.1 Å². The zero-order valence-electron chi connectivity index (χ0n) is 21.9. The predicted molar refractivity (Wildman–Crippen MR) is 135 cm³/mol. The SMILES string of the molecule is CCCCCCCCCCCCCCC(C(=O)C(C[N+](C)(C)C)OP(=O)(O)OCC)S(=O)(=O)O. The number of phosphoric ester groups is 1. The Labute approximate surface area is 207 Å². The van der Waals surface area contributed by atoms with E-state index < -0.39 is 35.1 Å². The van der Waals surface area contributed by atoms with Crippen molar-refractivity contribution in [2.75, 3.05) is 34.3 Å². The van der Waals surface area contributed by atoms with E-state index in [0.29, 0.717) is 6.42 Å². The molecule has 2 N–H and O–H groups in total. The molecule has 0 aliphatic carbocycles. The molecule has 3 unspecified atom stereocenters. The lowest BCUT2D eigenvalue weighted by Crippen LogP contribution is -2.49. The van der Waals surface area contributed by atoms with Gasteiger partial charge in [0, 0.05) is 0 Å². The first-order valence-electron chi connectivity index (χ1n) is 12.7. The number of Topliss-reactive ketones (excluding diaryl/α,β-unsaturated/α-hetero) is 1. The molecule has 204 valence electrons. The molecule has 11 heteroatoms. The van der Waals surface area contributed by atoms with Crippen LogP contribution in [0.1, 0.15) is 97.3 Å². The average molecular weight is 531 g/mol. The number of ketones is 1. The highest BCUT2D eigenvalue weighted by molar-refractivity contribution is 7.87. The average Bonchev–Trinajstić information content (AvgIpc) is 2.68. The number of hydrogen-bond acceptors (Lipinski definition) is 6. The van der Waals surface area contributed by atoms with Crippen molar-refractivity contribution < 1.29 is 40.8 Å². The van der Waals surface area contributed by atoms with Gasteiger partial charge in [-0.1, -0.05) is 84.0 Å². The second-order valence-corrected chi connectivity index (χ2v) is 13.0. The first-order chi connectivity index (χ1) is 15.7. The maximum atomic E-state index is 13.0. The summed E-state index contributed by atoms with van der Waals surface area (Å²) in [5.74, 6) is -0.924. The van der Waals surface area contributed by atoms with E-state index in [1.807, 2.05) is 0 Å². The Morgan fingerprint density at radius 2 is 1.32 bits per heavy atom. The molecule has 0 aromatic rings. The van der Waals surface area contributed by atoms with Crippen molar-refractivity contribution in [1.82, 2.24) is 0 Å². The summed E-state index contributed by atoms with van der Waals surface area (Å²) in [7, 11) is -4.03. The summed E-state index contributed by atoms with van der Waals surface area (Å²) in [5, 5.41) is -1.70. The second-order valence-electron chi connectivity index (χ2n) is 10.0. The van der Waals surface area contributed by atoms with Crippen LogP contribution in [0.2, 0.25) is 0 Å². The molecule has 0 amide bonds. The number of carbonyl (C=O) groups excluding carboxylic acids is 1. The lowest BCUT2D eigenvalue weighted by Gasteiger charge is -2.30. The van der Waals surface area contributed by atoms with Crippen LogP contribution in [0.4, 0.5) is 0 Å². The van der Waals surface area contributed by atoms with Gasteiger partial charge in [-0.15, -0.1) is 0 Å². The number of rotatable bonds is 22. The van der Waals surface area contributed by atoms with E-state index in [-0.39, 0.29) is 24.1 Å². The van der Waals surface area contributed by atoms with Crippen molar-refractivity contribution in [3.8, 4) is 0 Å². The maximum absolute atomic E-state index is 13.0. The van der Waals surface area contributed by atoms with Gasteiger partial charge >= 0.3 is 7.82 Å². The van der Waals surface area contributed by atoms with Crippen molar-refractivity contribution in [2.24, 2.45) is 0 Å². The fraction of sp³-hybridized carbons (Fsp3) is 0.957. The molecule has 0 radical (unpaired) electrons. The Morgan fingerprint density at radius 1 is 0.882 bits per heavy atom. The summed E-state index contributed by atoms with van der Waals surface area (Å²) in [4.78, 5) is 22.9. The smallest absolute Gasteiger partial charge is 0.328 e. The maximum Gasteiger partial charge on any atom is 0.473 e. The number of hydrogen-bond donors (Lipinski definition) is 2. The molecule has 0 bridgehead atoms. The van der Waals surface area contributed by atoms with Gasteiger partial charge in [0.15, 0.2) is 11.9 Å². The zero-order chi connectivity index (χ0) is 26.3. The largest absolute Gasteiger partial charge is 0.473 e. The normalized spacial score (nSPS) is 16.2. The minimum absolute atomic E-state index is 0.0546. The topological polar surface area (TPSA) is 127 Å². The lowest BCUT2D eigenvalue weighted by molar-refractivity contribution is -0.872. The molecule has 0 fully saturated rings. The van der Waals surface area contributed by atoms with Crippen LogP contribution in [0, 0.1) is 0 Å². The Hall–Kier alpha value is -0.350. The molecule has 0 saturated heterocycles. The van der Waals surface area contributed by atoms with Crippen LogP contribution >= 0.6 is 7.82 Å². The van der Waals surface area contributed by atoms with Gasteiger partial charge in [-0.05, 0) is 13.3 Å². The summed E-state index contributed by atoms with van der Waals surface area (Å²) in [6.07, 6.45) is 11.6. The standard InChI is InChI=1S/C23H48NO8PS/c1-6-8-9-10-11-12-13-14-15-16-17-18-19-22(34(28,29)30)23(25)21(20-24(3,4)5)32-33(26,27)31-7-2/h21-22H,6-20H2,1-5H3,(H-,26,27,28,29,30)/p+1. The van der Waals surface area contributed by atoms with Crippen LogP contribution in [0.3, 0.4) is 0 Å². The van der Waals surface area contributed by atoms with E-state index in [1.54, 1.807) is 21.1 Å². The predicted octanol–water partition coefficient (Wildman–Crippen LogP) is 5.13. The van der Waals surface area contributed by atoms with Crippen molar-refractivity contribution in [1.29, 1.82) is 0 Å². The molecule has 0 aliphatic rings. The van der Waals surface area contributed by atoms with E-state index >= 15 is 0 Å². The molecule has 0 heterocycles. The van der Waals surface area contributed by atoms with E-state index in [9.17, 15) is 27.2 Å². The van der Waals surface area contributed by atoms with Crippen LogP contribution in [-0.2, 0) is 28.5 Å². The van der Waals surface area contributed by atoms with Crippen LogP contribution in [-0.4, -0.2) is 73.8 Å². The van der Waals surface area contributed by atoms with Gasteiger partial charge in [0.2, 0.25) is 0 Å². The first kappa shape index (κ1) is 33.7. The van der Waals surface area contributed by atoms with E-state index in [1.165, 1.54) is 51.9 Å². The molecule has 0 aromatic carbocycles. The molecule has 0 aromatic heterocycles. The highest BCUT2D eigenvalue weighted by Crippen LogP contribution is 2.45. The molecule has 0 aliphatic heterocycles. The third-order valence-corrected chi connectivity index (χ3v) is 7.87. The number of nitrogens with zero attached hydrogens (tertiary/aromatic N) is 1. The summed E-state index contributed by atoms with van der Waals surface area (Å²) in [6.45, 7) is 3.54. The lowest BCUT2D eigenvalue weighted by atomic mass is 10.0. The van der Waals surface area contributed by atoms with Crippen LogP contribution in [0.5, 0.6) is 0 Å².